The second kappa shape index (κ2) is 7.21. The normalized spacial score (nSPS) is 10.7. The van der Waals surface area contributed by atoms with Gasteiger partial charge >= 0.3 is 0 Å². The van der Waals surface area contributed by atoms with Crippen LogP contribution >= 0.6 is 22.6 Å². The maximum Gasteiger partial charge on any atom is 0.271 e. The number of hydrazone groups is 1. The number of ether oxygens (including phenoxy) is 1. The van der Waals surface area contributed by atoms with Crippen LogP contribution in [0.25, 0.3) is 0 Å². The highest BCUT2D eigenvalue weighted by molar-refractivity contribution is 14.1. The number of aromatic hydroxyl groups is 1. The molecule has 2 rings (SSSR count). The van der Waals surface area contributed by atoms with E-state index >= 15 is 0 Å². The van der Waals surface area contributed by atoms with Gasteiger partial charge in [-0.1, -0.05) is 0 Å². The summed E-state index contributed by atoms with van der Waals surface area (Å²) in [5.74, 6) is -0.490. The van der Waals surface area contributed by atoms with E-state index in [4.69, 9.17) is 4.74 Å². The molecule has 0 unspecified atom stereocenters. The third-order valence-electron chi connectivity index (χ3n) is 2.76. The summed E-state index contributed by atoms with van der Waals surface area (Å²) >= 11 is 1.96. The Kier molecular flexibility index (Phi) is 5.31. The molecule has 0 aliphatic rings. The van der Waals surface area contributed by atoms with Crippen LogP contribution in [0.5, 0.6) is 11.5 Å². The number of nitrogens with one attached hydrogen (secondary N) is 1. The molecule has 5 nitrogen and oxygen atoms in total. The number of phenolic OH excluding ortho intramolecular Hbond substituents is 1. The zero-order valence-corrected chi connectivity index (χ0v) is 13.7. The number of benzene rings is 2. The zero-order valence-electron chi connectivity index (χ0n) is 11.5. The Morgan fingerprint density at radius 2 is 2.05 bits per heavy atom. The Hall–Kier alpha value is -2.16. The molecular formula is C15H12FIN2O3. The molecule has 0 saturated heterocycles. The molecule has 0 fully saturated rings. The van der Waals surface area contributed by atoms with E-state index in [0.717, 1.165) is 0 Å². The molecule has 0 aliphatic carbocycles. The van der Waals surface area contributed by atoms with Crippen molar-refractivity contribution in [2.24, 2.45) is 5.10 Å². The lowest BCUT2D eigenvalue weighted by Crippen LogP contribution is -2.17. The summed E-state index contributed by atoms with van der Waals surface area (Å²) in [5.41, 5.74) is 3.29. The van der Waals surface area contributed by atoms with E-state index in [2.05, 4.69) is 10.5 Å². The van der Waals surface area contributed by atoms with Crippen molar-refractivity contribution in [2.75, 3.05) is 7.11 Å². The number of rotatable bonds is 4. The van der Waals surface area contributed by atoms with E-state index in [9.17, 15) is 14.3 Å². The lowest BCUT2D eigenvalue weighted by molar-refractivity contribution is 0.0955. The van der Waals surface area contributed by atoms with Gasteiger partial charge in [-0.25, -0.2) is 9.82 Å². The SMILES string of the molecule is COc1cc(/C=N/NC(=O)c2ccc(F)cc2)cc(I)c1O. The molecule has 0 atom stereocenters. The average molecular weight is 414 g/mol. The van der Waals surface area contributed by atoms with Crippen LogP contribution in [0, 0.1) is 9.39 Å². The molecule has 0 bridgehead atoms. The minimum Gasteiger partial charge on any atom is -0.504 e. The minimum atomic E-state index is -0.448. The molecule has 22 heavy (non-hydrogen) atoms. The highest BCUT2D eigenvalue weighted by Crippen LogP contribution is 2.31. The number of hydrogen-bond acceptors (Lipinski definition) is 4. The number of hydrogen-bond donors (Lipinski definition) is 2. The third kappa shape index (κ3) is 3.94. The Balaban J connectivity index is 2.08. The predicted octanol–water partition coefficient (Wildman–Crippen LogP) is 2.91. The highest BCUT2D eigenvalue weighted by atomic mass is 127. The number of methoxy groups -OCH3 is 1. The summed E-state index contributed by atoms with van der Waals surface area (Å²) in [7, 11) is 1.45. The highest BCUT2D eigenvalue weighted by Gasteiger charge is 2.08. The summed E-state index contributed by atoms with van der Waals surface area (Å²) in [5, 5.41) is 13.6. The third-order valence-corrected chi connectivity index (χ3v) is 3.58. The predicted molar refractivity (Wildman–Crippen MR) is 88.8 cm³/mol. The summed E-state index contributed by atoms with van der Waals surface area (Å²) in [6.45, 7) is 0. The monoisotopic (exact) mass is 414 g/mol. The van der Waals surface area contributed by atoms with Gasteiger partial charge in [-0.3, -0.25) is 4.79 Å². The van der Waals surface area contributed by atoms with E-state index in [1.807, 2.05) is 22.6 Å². The first kappa shape index (κ1) is 16.2. The second-order valence-corrected chi connectivity index (χ2v) is 5.42. The molecule has 0 aromatic heterocycles. The summed E-state index contributed by atoms with van der Waals surface area (Å²) in [4.78, 5) is 11.8. The number of carbonyl (C=O) groups is 1. The molecule has 7 heteroatoms. The van der Waals surface area contributed by atoms with Crippen LogP contribution < -0.4 is 10.2 Å². The van der Waals surface area contributed by atoms with Crippen LogP contribution in [0.2, 0.25) is 0 Å². The van der Waals surface area contributed by atoms with E-state index in [1.165, 1.54) is 37.6 Å². The van der Waals surface area contributed by atoms with Crippen LogP contribution in [0.15, 0.2) is 41.5 Å². The van der Waals surface area contributed by atoms with Crippen LogP contribution in [0.1, 0.15) is 15.9 Å². The summed E-state index contributed by atoms with van der Waals surface area (Å²) in [6, 6.07) is 8.41. The van der Waals surface area contributed by atoms with E-state index in [0.29, 0.717) is 20.4 Å². The van der Waals surface area contributed by atoms with Gasteiger partial charge in [-0.2, -0.15) is 5.10 Å². The molecule has 0 aliphatic heterocycles. The fraction of sp³-hybridized carbons (Fsp3) is 0.0667. The molecule has 0 radical (unpaired) electrons. The van der Waals surface area contributed by atoms with Crippen molar-refractivity contribution in [3.63, 3.8) is 0 Å². The maximum absolute atomic E-state index is 12.8. The summed E-state index contributed by atoms with van der Waals surface area (Å²) < 4.78 is 18.4. The number of carbonyl (C=O) groups excluding carboxylic acids is 1. The van der Waals surface area contributed by atoms with Gasteiger partial charge in [0.05, 0.1) is 16.9 Å². The molecule has 1 amide bonds. The Morgan fingerprint density at radius 1 is 1.36 bits per heavy atom. The molecule has 2 aromatic rings. The Morgan fingerprint density at radius 3 is 2.68 bits per heavy atom. The number of amides is 1. The minimum absolute atomic E-state index is 0.0515. The maximum atomic E-state index is 12.8. The van der Waals surface area contributed by atoms with Crippen molar-refractivity contribution in [2.45, 2.75) is 0 Å². The van der Waals surface area contributed by atoms with Crippen molar-refractivity contribution >= 4 is 34.7 Å². The molecular weight excluding hydrogens is 402 g/mol. The van der Waals surface area contributed by atoms with Gasteiger partial charge < -0.3 is 9.84 Å². The first-order chi connectivity index (χ1) is 10.5. The molecule has 0 heterocycles. The second-order valence-electron chi connectivity index (χ2n) is 4.26. The Labute approximate surface area is 139 Å². The van der Waals surface area contributed by atoms with Crippen LogP contribution in [-0.2, 0) is 0 Å². The van der Waals surface area contributed by atoms with Crippen molar-refractivity contribution in [1.82, 2.24) is 5.43 Å². The van der Waals surface area contributed by atoms with Gasteiger partial charge in [0.2, 0.25) is 0 Å². The molecule has 114 valence electrons. The largest absolute Gasteiger partial charge is 0.504 e. The van der Waals surface area contributed by atoms with Gasteiger partial charge in [0.1, 0.15) is 5.82 Å². The zero-order chi connectivity index (χ0) is 16.1. The first-order valence-electron chi connectivity index (χ1n) is 6.16. The van der Waals surface area contributed by atoms with Gasteiger partial charge in [0, 0.05) is 5.56 Å². The van der Waals surface area contributed by atoms with Crippen molar-refractivity contribution in [3.8, 4) is 11.5 Å². The molecule has 2 aromatic carbocycles. The smallest absolute Gasteiger partial charge is 0.271 e. The molecule has 0 spiro atoms. The number of nitrogens with zero attached hydrogens (tertiary/aromatic N) is 1. The quantitative estimate of drug-likeness (QED) is 0.459. The van der Waals surface area contributed by atoms with Crippen molar-refractivity contribution in [3.05, 3.63) is 56.9 Å². The van der Waals surface area contributed by atoms with Crippen molar-refractivity contribution in [1.29, 1.82) is 0 Å². The Bertz CT molecular complexity index is 717. The van der Waals surface area contributed by atoms with Gasteiger partial charge in [0.25, 0.3) is 5.91 Å². The van der Waals surface area contributed by atoms with Crippen LogP contribution in [0.3, 0.4) is 0 Å². The van der Waals surface area contributed by atoms with Gasteiger partial charge in [-0.05, 0) is 64.6 Å². The number of phenols is 1. The number of halogens is 2. The van der Waals surface area contributed by atoms with Crippen LogP contribution in [-0.4, -0.2) is 24.3 Å². The molecule has 0 saturated carbocycles. The first-order valence-corrected chi connectivity index (χ1v) is 7.24. The topological polar surface area (TPSA) is 70.9 Å². The average Bonchev–Trinajstić information content (AvgIpc) is 2.51. The van der Waals surface area contributed by atoms with E-state index < -0.39 is 11.7 Å². The van der Waals surface area contributed by atoms with Gasteiger partial charge in [0.15, 0.2) is 11.5 Å². The standard InChI is InChI=1S/C15H12FIN2O3/c1-22-13-7-9(6-12(17)14(13)20)8-18-19-15(21)10-2-4-11(16)5-3-10/h2-8,20H,1H3,(H,19,21)/b18-8+. The fourth-order valence-electron chi connectivity index (χ4n) is 1.66. The van der Waals surface area contributed by atoms with E-state index in [-0.39, 0.29) is 5.75 Å². The van der Waals surface area contributed by atoms with Crippen LogP contribution in [0.4, 0.5) is 4.39 Å². The lowest BCUT2D eigenvalue weighted by Gasteiger charge is -2.06. The van der Waals surface area contributed by atoms with Crippen molar-refractivity contribution < 1.29 is 19.0 Å². The molecule has 2 N–H and O–H groups in total. The van der Waals surface area contributed by atoms with E-state index in [1.54, 1.807) is 12.1 Å². The lowest BCUT2D eigenvalue weighted by atomic mass is 10.2. The summed E-state index contributed by atoms with van der Waals surface area (Å²) in [6.07, 6.45) is 1.42. The van der Waals surface area contributed by atoms with Gasteiger partial charge in [-0.15, -0.1) is 0 Å². The fourth-order valence-corrected chi connectivity index (χ4v) is 2.28.